The SMILES string of the molecule is CCNC(=O)C1(NC(=O)[C@H]2CCCOC2)CCCC1. The van der Waals surface area contributed by atoms with Crippen molar-refractivity contribution in [3.8, 4) is 0 Å². The van der Waals surface area contributed by atoms with Crippen molar-refractivity contribution >= 4 is 11.8 Å². The van der Waals surface area contributed by atoms with Crippen molar-refractivity contribution < 1.29 is 14.3 Å². The van der Waals surface area contributed by atoms with E-state index in [9.17, 15) is 9.59 Å². The molecule has 2 fully saturated rings. The quantitative estimate of drug-likeness (QED) is 0.798. The number of hydrogen-bond acceptors (Lipinski definition) is 3. The average Bonchev–Trinajstić information content (AvgIpc) is 2.90. The molecular formula is C14H24N2O3. The molecule has 0 aromatic heterocycles. The van der Waals surface area contributed by atoms with E-state index in [0.717, 1.165) is 45.1 Å². The zero-order valence-electron chi connectivity index (χ0n) is 11.7. The second-order valence-electron chi connectivity index (χ2n) is 5.55. The van der Waals surface area contributed by atoms with Crippen LogP contribution < -0.4 is 10.6 Å². The summed E-state index contributed by atoms with van der Waals surface area (Å²) in [5.74, 6) is -0.147. The summed E-state index contributed by atoms with van der Waals surface area (Å²) in [6, 6.07) is 0. The molecule has 0 spiro atoms. The summed E-state index contributed by atoms with van der Waals surface area (Å²) in [6.07, 6.45) is 5.27. The van der Waals surface area contributed by atoms with Gasteiger partial charge in [-0.3, -0.25) is 9.59 Å². The van der Waals surface area contributed by atoms with Crippen molar-refractivity contribution in [1.82, 2.24) is 10.6 Å². The van der Waals surface area contributed by atoms with Crippen LogP contribution in [0.4, 0.5) is 0 Å². The first-order valence-electron chi connectivity index (χ1n) is 7.36. The number of nitrogens with one attached hydrogen (secondary N) is 2. The molecule has 1 heterocycles. The maximum absolute atomic E-state index is 12.3. The molecule has 1 saturated carbocycles. The van der Waals surface area contributed by atoms with Crippen LogP contribution in [-0.2, 0) is 14.3 Å². The van der Waals surface area contributed by atoms with Crippen LogP contribution >= 0.6 is 0 Å². The molecule has 0 aromatic carbocycles. The Kier molecular flexibility index (Phi) is 4.80. The fourth-order valence-electron chi connectivity index (χ4n) is 3.00. The average molecular weight is 268 g/mol. The Morgan fingerprint density at radius 2 is 2.00 bits per heavy atom. The fraction of sp³-hybridized carbons (Fsp3) is 0.857. The van der Waals surface area contributed by atoms with Crippen LogP contribution in [0.3, 0.4) is 0 Å². The van der Waals surface area contributed by atoms with Gasteiger partial charge in [-0.15, -0.1) is 0 Å². The molecule has 5 nitrogen and oxygen atoms in total. The predicted octanol–water partition coefficient (Wildman–Crippen LogP) is 0.978. The van der Waals surface area contributed by atoms with E-state index in [1.54, 1.807) is 0 Å². The van der Waals surface area contributed by atoms with Crippen LogP contribution in [0, 0.1) is 5.92 Å². The number of rotatable bonds is 4. The number of hydrogen-bond donors (Lipinski definition) is 2. The van der Waals surface area contributed by atoms with Gasteiger partial charge in [0.15, 0.2) is 0 Å². The van der Waals surface area contributed by atoms with Gasteiger partial charge in [-0.25, -0.2) is 0 Å². The van der Waals surface area contributed by atoms with E-state index in [-0.39, 0.29) is 17.7 Å². The van der Waals surface area contributed by atoms with Gasteiger partial charge in [0.1, 0.15) is 5.54 Å². The molecule has 2 amide bonds. The van der Waals surface area contributed by atoms with Gasteiger partial charge < -0.3 is 15.4 Å². The minimum absolute atomic E-state index is 0.0205. The molecule has 2 aliphatic rings. The monoisotopic (exact) mass is 268 g/mol. The summed E-state index contributed by atoms with van der Waals surface area (Å²) in [7, 11) is 0. The highest BCUT2D eigenvalue weighted by Gasteiger charge is 2.43. The summed E-state index contributed by atoms with van der Waals surface area (Å²) in [4.78, 5) is 24.5. The van der Waals surface area contributed by atoms with Crippen LogP contribution in [0.5, 0.6) is 0 Å². The summed E-state index contributed by atoms with van der Waals surface area (Å²) in [5.41, 5.74) is -0.676. The number of carbonyl (C=O) groups excluding carboxylic acids is 2. The van der Waals surface area contributed by atoms with Gasteiger partial charge in [-0.2, -0.15) is 0 Å². The van der Waals surface area contributed by atoms with Crippen molar-refractivity contribution in [3.63, 3.8) is 0 Å². The second-order valence-corrected chi connectivity index (χ2v) is 5.55. The topological polar surface area (TPSA) is 67.4 Å². The first-order chi connectivity index (χ1) is 9.18. The smallest absolute Gasteiger partial charge is 0.245 e. The van der Waals surface area contributed by atoms with Crippen LogP contribution in [0.25, 0.3) is 0 Å². The van der Waals surface area contributed by atoms with Gasteiger partial charge >= 0.3 is 0 Å². The van der Waals surface area contributed by atoms with Gasteiger partial charge in [0, 0.05) is 13.2 Å². The van der Waals surface area contributed by atoms with E-state index < -0.39 is 5.54 Å². The van der Waals surface area contributed by atoms with Crippen molar-refractivity contribution in [2.75, 3.05) is 19.8 Å². The van der Waals surface area contributed by atoms with Gasteiger partial charge in [0.25, 0.3) is 0 Å². The first-order valence-corrected chi connectivity index (χ1v) is 7.36. The summed E-state index contributed by atoms with van der Waals surface area (Å²) in [5, 5.41) is 5.87. The molecule has 1 aliphatic heterocycles. The Morgan fingerprint density at radius 1 is 1.26 bits per heavy atom. The molecular weight excluding hydrogens is 244 g/mol. The molecule has 0 radical (unpaired) electrons. The Morgan fingerprint density at radius 3 is 2.58 bits per heavy atom. The van der Waals surface area contributed by atoms with Gasteiger partial charge in [-0.05, 0) is 32.6 Å². The van der Waals surface area contributed by atoms with E-state index >= 15 is 0 Å². The highest BCUT2D eigenvalue weighted by atomic mass is 16.5. The van der Waals surface area contributed by atoms with E-state index in [4.69, 9.17) is 4.74 Å². The summed E-state index contributed by atoms with van der Waals surface area (Å²) >= 11 is 0. The van der Waals surface area contributed by atoms with Crippen molar-refractivity contribution in [3.05, 3.63) is 0 Å². The molecule has 0 unspecified atom stereocenters. The Bertz CT molecular complexity index is 332. The molecule has 0 bridgehead atoms. The van der Waals surface area contributed by atoms with Crippen molar-refractivity contribution in [1.29, 1.82) is 0 Å². The van der Waals surface area contributed by atoms with E-state index in [2.05, 4.69) is 10.6 Å². The summed E-state index contributed by atoms with van der Waals surface area (Å²) in [6.45, 7) is 3.73. The zero-order valence-corrected chi connectivity index (χ0v) is 11.7. The van der Waals surface area contributed by atoms with E-state index in [1.165, 1.54) is 0 Å². The molecule has 5 heteroatoms. The maximum Gasteiger partial charge on any atom is 0.245 e. The largest absolute Gasteiger partial charge is 0.381 e. The van der Waals surface area contributed by atoms with E-state index in [0.29, 0.717) is 13.2 Å². The standard InChI is InChI=1S/C14H24N2O3/c1-2-15-13(18)14(7-3-4-8-14)16-12(17)11-6-5-9-19-10-11/h11H,2-10H2,1H3,(H,15,18)(H,16,17)/t11-/m0/s1. The predicted molar refractivity (Wildman–Crippen MR) is 71.6 cm³/mol. The van der Waals surface area contributed by atoms with Gasteiger partial charge in [0.05, 0.1) is 12.5 Å². The first kappa shape index (κ1) is 14.3. The lowest BCUT2D eigenvalue weighted by Gasteiger charge is -2.31. The lowest BCUT2D eigenvalue weighted by molar-refractivity contribution is -0.137. The number of ether oxygens (including phenoxy) is 1. The molecule has 0 aromatic rings. The lowest BCUT2D eigenvalue weighted by atomic mass is 9.93. The highest BCUT2D eigenvalue weighted by molar-refractivity contribution is 5.92. The van der Waals surface area contributed by atoms with Gasteiger partial charge in [-0.1, -0.05) is 12.8 Å². The molecule has 2 rings (SSSR count). The maximum atomic E-state index is 12.3. The molecule has 108 valence electrons. The third kappa shape index (κ3) is 3.26. The van der Waals surface area contributed by atoms with Crippen LogP contribution in [0.1, 0.15) is 45.4 Å². The van der Waals surface area contributed by atoms with Gasteiger partial charge in [0.2, 0.25) is 11.8 Å². The van der Waals surface area contributed by atoms with Crippen LogP contribution in [-0.4, -0.2) is 37.1 Å². The molecule has 1 saturated heterocycles. The van der Waals surface area contributed by atoms with Crippen LogP contribution in [0.15, 0.2) is 0 Å². The van der Waals surface area contributed by atoms with E-state index in [1.807, 2.05) is 6.92 Å². The minimum atomic E-state index is -0.676. The number of amides is 2. The third-order valence-electron chi connectivity index (χ3n) is 4.12. The van der Waals surface area contributed by atoms with Crippen LogP contribution in [0.2, 0.25) is 0 Å². The minimum Gasteiger partial charge on any atom is -0.381 e. The Labute approximate surface area is 114 Å². The molecule has 1 atom stereocenters. The molecule has 2 N–H and O–H groups in total. The number of carbonyl (C=O) groups is 2. The summed E-state index contributed by atoms with van der Waals surface area (Å²) < 4.78 is 5.35. The number of likely N-dealkylation sites (N-methyl/N-ethyl adjacent to an activating group) is 1. The zero-order chi connectivity index (χ0) is 13.7. The fourth-order valence-corrected chi connectivity index (χ4v) is 3.00. The lowest BCUT2D eigenvalue weighted by Crippen LogP contribution is -2.58. The second kappa shape index (κ2) is 6.37. The van der Waals surface area contributed by atoms with Crippen molar-refractivity contribution in [2.24, 2.45) is 5.92 Å². The van der Waals surface area contributed by atoms with Crippen molar-refractivity contribution in [2.45, 2.75) is 51.0 Å². The third-order valence-corrected chi connectivity index (χ3v) is 4.12. The molecule has 19 heavy (non-hydrogen) atoms. The normalized spacial score (nSPS) is 25.8. The Balaban J connectivity index is 1.99. The highest BCUT2D eigenvalue weighted by Crippen LogP contribution is 2.30. The molecule has 1 aliphatic carbocycles. The Hall–Kier alpha value is -1.10.